The molecule has 0 unspecified atom stereocenters. The maximum atomic E-state index is 14.5. The molecule has 5 rings (SSSR count). The minimum absolute atomic E-state index is 0.0417. The first-order valence-electron chi connectivity index (χ1n) is 13.0. The van der Waals surface area contributed by atoms with Gasteiger partial charge in [-0.15, -0.1) is 0 Å². The number of fused-ring (bicyclic) bond motifs is 1. The van der Waals surface area contributed by atoms with E-state index in [0.717, 1.165) is 31.2 Å². The molecule has 2 heterocycles. The van der Waals surface area contributed by atoms with Crippen molar-refractivity contribution >= 4 is 28.5 Å². The molecule has 2 saturated carbocycles. The zero-order chi connectivity index (χ0) is 26.3. The Morgan fingerprint density at radius 3 is 2.22 bits per heavy atom. The van der Waals surface area contributed by atoms with Gasteiger partial charge in [-0.3, -0.25) is 0 Å². The van der Waals surface area contributed by atoms with Crippen LogP contribution in [-0.2, 0) is 0 Å². The van der Waals surface area contributed by atoms with Crippen LogP contribution in [0, 0.1) is 23.4 Å². The Kier molecular flexibility index (Phi) is 7.06. The zero-order valence-electron chi connectivity index (χ0n) is 21.1. The molecule has 4 N–H and O–H groups in total. The maximum absolute atomic E-state index is 14.5. The van der Waals surface area contributed by atoms with Crippen LogP contribution in [-0.4, -0.2) is 42.5 Å². The van der Waals surface area contributed by atoms with Gasteiger partial charge in [-0.2, -0.15) is 0 Å². The Morgan fingerprint density at radius 2 is 1.59 bits per heavy atom. The molecule has 200 valence electrons. The number of benzene rings is 1. The predicted molar refractivity (Wildman–Crippen MR) is 136 cm³/mol. The van der Waals surface area contributed by atoms with Crippen molar-refractivity contribution in [3.8, 4) is 0 Å². The molecule has 37 heavy (non-hydrogen) atoms. The van der Waals surface area contributed by atoms with E-state index in [2.05, 4.69) is 20.6 Å². The maximum Gasteiger partial charge on any atom is 0.208 e. The van der Waals surface area contributed by atoms with E-state index >= 15 is 0 Å². The molecule has 10 heteroatoms. The third-order valence-corrected chi connectivity index (χ3v) is 7.93. The molecule has 0 aliphatic heterocycles. The normalized spacial score (nSPS) is 24.8. The van der Waals surface area contributed by atoms with E-state index in [1.54, 1.807) is 6.20 Å². The zero-order valence-corrected chi connectivity index (χ0v) is 21.1. The number of aromatic nitrogens is 3. The van der Waals surface area contributed by atoms with Crippen LogP contribution >= 0.6 is 0 Å². The molecule has 2 aliphatic rings. The summed E-state index contributed by atoms with van der Waals surface area (Å²) < 4.78 is 44.3. The summed E-state index contributed by atoms with van der Waals surface area (Å²) in [7, 11) is 0. The molecule has 2 aromatic heterocycles. The fraction of sp³-hybridized carbons (Fsp3) is 0.556. The predicted octanol–water partition coefficient (Wildman–Crippen LogP) is 5.81. The number of pyridine rings is 1. The van der Waals surface area contributed by atoms with E-state index in [9.17, 15) is 23.4 Å². The molecule has 3 aromatic rings. The van der Waals surface area contributed by atoms with E-state index in [-0.39, 0.29) is 30.1 Å². The first-order chi connectivity index (χ1) is 17.6. The van der Waals surface area contributed by atoms with Crippen LogP contribution in [0.2, 0.25) is 0 Å². The number of imidazole rings is 1. The summed E-state index contributed by atoms with van der Waals surface area (Å²) in [5.41, 5.74) is 0.167. The number of halogens is 3. The van der Waals surface area contributed by atoms with Gasteiger partial charge in [0.1, 0.15) is 22.8 Å². The molecule has 0 amide bonds. The average molecular weight is 518 g/mol. The number of nitrogens with zero attached hydrogens (tertiary/aromatic N) is 3. The highest BCUT2D eigenvalue weighted by molar-refractivity contribution is 5.81. The standard InChI is InChI=1S/C27H34F3N5O2/c1-27(2,37)15-3-5-17(6-4-15)32-24-13-23-22(14-31-24)33-26(35(23)18-7-9-19(36)10-8-18)34-25-20(29)11-16(28)12-21(25)30/h11-15,17-19,36-37H,3-10H2,1-2H3,(H,31,32)(H,33,34). The van der Waals surface area contributed by atoms with Crippen molar-refractivity contribution in [3.63, 3.8) is 0 Å². The molecular formula is C27H34F3N5O2. The fourth-order valence-electron chi connectivity index (χ4n) is 5.78. The smallest absolute Gasteiger partial charge is 0.208 e. The summed E-state index contributed by atoms with van der Waals surface area (Å²) in [4.78, 5) is 9.11. The Bertz CT molecular complexity index is 1240. The van der Waals surface area contributed by atoms with Crippen LogP contribution in [0.25, 0.3) is 11.0 Å². The van der Waals surface area contributed by atoms with Gasteiger partial charge in [0.25, 0.3) is 0 Å². The fourth-order valence-corrected chi connectivity index (χ4v) is 5.78. The van der Waals surface area contributed by atoms with E-state index in [1.807, 2.05) is 24.5 Å². The van der Waals surface area contributed by atoms with Crippen molar-refractivity contribution in [2.75, 3.05) is 10.6 Å². The molecule has 2 aliphatic carbocycles. The summed E-state index contributed by atoms with van der Waals surface area (Å²) in [6, 6.07) is 3.35. The highest BCUT2D eigenvalue weighted by Gasteiger charge is 2.32. The van der Waals surface area contributed by atoms with Crippen LogP contribution in [0.1, 0.15) is 71.3 Å². The Hall–Kier alpha value is -2.85. The average Bonchev–Trinajstić information content (AvgIpc) is 3.19. The number of hydrogen-bond acceptors (Lipinski definition) is 6. The summed E-state index contributed by atoms with van der Waals surface area (Å²) in [6.07, 6.45) is 7.55. The number of hydrogen-bond donors (Lipinski definition) is 4. The lowest BCUT2D eigenvalue weighted by molar-refractivity contribution is -0.000404. The van der Waals surface area contributed by atoms with E-state index in [1.165, 1.54) is 0 Å². The highest BCUT2D eigenvalue weighted by Crippen LogP contribution is 2.37. The van der Waals surface area contributed by atoms with Crippen LogP contribution in [0.5, 0.6) is 0 Å². The van der Waals surface area contributed by atoms with E-state index in [4.69, 9.17) is 0 Å². The van der Waals surface area contributed by atoms with Gasteiger partial charge in [-0.1, -0.05) is 0 Å². The molecule has 1 aromatic carbocycles. The van der Waals surface area contributed by atoms with Crippen molar-refractivity contribution in [1.29, 1.82) is 0 Å². The van der Waals surface area contributed by atoms with Crippen molar-refractivity contribution in [2.45, 2.75) is 89.0 Å². The molecule has 0 atom stereocenters. The van der Waals surface area contributed by atoms with Crippen LogP contribution in [0.15, 0.2) is 24.4 Å². The minimum Gasteiger partial charge on any atom is -0.393 e. The summed E-state index contributed by atoms with van der Waals surface area (Å²) in [6.45, 7) is 3.73. The molecule has 0 radical (unpaired) electrons. The lowest BCUT2D eigenvalue weighted by atomic mass is 9.77. The summed E-state index contributed by atoms with van der Waals surface area (Å²) >= 11 is 0. The molecular weight excluding hydrogens is 483 g/mol. The second kappa shape index (κ2) is 10.1. The monoisotopic (exact) mass is 517 g/mol. The molecule has 0 saturated heterocycles. The van der Waals surface area contributed by atoms with Gasteiger partial charge < -0.3 is 25.4 Å². The van der Waals surface area contributed by atoms with Crippen LogP contribution in [0.4, 0.5) is 30.6 Å². The first-order valence-corrected chi connectivity index (χ1v) is 13.0. The molecule has 2 fully saturated rings. The topological polar surface area (TPSA) is 95.2 Å². The lowest BCUT2D eigenvalue weighted by Gasteiger charge is -2.36. The van der Waals surface area contributed by atoms with Crippen LogP contribution in [0.3, 0.4) is 0 Å². The summed E-state index contributed by atoms with van der Waals surface area (Å²) in [5, 5.41) is 26.6. The number of aliphatic hydroxyl groups excluding tert-OH is 1. The van der Waals surface area contributed by atoms with Gasteiger partial charge in [0.2, 0.25) is 5.95 Å². The Balaban J connectivity index is 1.45. The number of anilines is 3. The largest absolute Gasteiger partial charge is 0.393 e. The van der Waals surface area contributed by atoms with Gasteiger partial charge >= 0.3 is 0 Å². The van der Waals surface area contributed by atoms with Gasteiger partial charge in [0.05, 0.1) is 23.4 Å². The molecule has 0 bridgehead atoms. The minimum atomic E-state index is -1.04. The second-order valence-corrected chi connectivity index (χ2v) is 11.0. The van der Waals surface area contributed by atoms with Crippen molar-refractivity contribution in [2.24, 2.45) is 5.92 Å². The SMILES string of the molecule is CC(C)(O)C1CCC(Nc2cc3c(cn2)nc(Nc2c(F)cc(F)cc2F)n3C2CCC(O)CC2)CC1. The van der Waals surface area contributed by atoms with Gasteiger partial charge in [0, 0.05) is 30.3 Å². The highest BCUT2D eigenvalue weighted by atomic mass is 19.1. The Morgan fingerprint density at radius 1 is 0.946 bits per heavy atom. The number of aliphatic hydroxyl groups is 2. The molecule has 0 spiro atoms. The summed E-state index contributed by atoms with van der Waals surface area (Å²) in [5.74, 6) is -1.89. The van der Waals surface area contributed by atoms with Crippen LogP contribution < -0.4 is 10.6 Å². The quantitative estimate of drug-likeness (QED) is 0.330. The van der Waals surface area contributed by atoms with Crippen molar-refractivity contribution in [3.05, 3.63) is 41.8 Å². The Labute approximate surface area is 214 Å². The second-order valence-electron chi connectivity index (χ2n) is 11.0. The van der Waals surface area contributed by atoms with E-state index < -0.39 is 28.7 Å². The van der Waals surface area contributed by atoms with Gasteiger partial charge in [-0.25, -0.2) is 23.1 Å². The first kappa shape index (κ1) is 25.8. The van der Waals surface area contributed by atoms with Crippen molar-refractivity contribution < 1.29 is 23.4 Å². The van der Waals surface area contributed by atoms with Gasteiger partial charge in [0.15, 0.2) is 11.6 Å². The third kappa shape index (κ3) is 5.55. The lowest BCUT2D eigenvalue weighted by Crippen LogP contribution is -2.37. The van der Waals surface area contributed by atoms with Crippen molar-refractivity contribution in [1.82, 2.24) is 14.5 Å². The number of nitrogens with one attached hydrogen (secondary N) is 2. The van der Waals surface area contributed by atoms with Gasteiger partial charge in [-0.05, 0) is 71.1 Å². The third-order valence-electron chi connectivity index (χ3n) is 7.93. The number of rotatable bonds is 6. The van der Waals surface area contributed by atoms with E-state index in [0.29, 0.717) is 49.2 Å². The molecule has 7 nitrogen and oxygen atoms in total.